The Hall–Kier alpha value is -3.73. The summed E-state index contributed by atoms with van der Waals surface area (Å²) in [5.74, 6) is -0.180. The maximum Gasteiger partial charge on any atom is 0.314 e. The number of pyridine rings is 1. The van der Waals surface area contributed by atoms with E-state index in [0.29, 0.717) is 17.1 Å². The molecule has 5 rings (SSSR count). The van der Waals surface area contributed by atoms with E-state index in [2.05, 4.69) is 30.4 Å². The van der Waals surface area contributed by atoms with Gasteiger partial charge in [-0.3, -0.25) is 0 Å². The van der Waals surface area contributed by atoms with Crippen LogP contribution in [0, 0.1) is 0 Å². The Bertz CT molecular complexity index is 1200. The van der Waals surface area contributed by atoms with Gasteiger partial charge in [0.05, 0.1) is 12.2 Å². The van der Waals surface area contributed by atoms with Gasteiger partial charge in [0.1, 0.15) is 11.5 Å². The number of likely N-dealkylation sites (tertiary alicyclic amines) is 1. The maximum atomic E-state index is 12.8. The van der Waals surface area contributed by atoms with Crippen molar-refractivity contribution in [2.45, 2.75) is 25.3 Å². The zero-order valence-electron chi connectivity index (χ0n) is 17.7. The van der Waals surface area contributed by atoms with Crippen molar-refractivity contribution < 1.29 is 13.2 Å². The SMILES string of the molecule is Nc1ccc(-c2cn([C@H](CN3CCCC3)c3ccc(-c4nnc(C(F)F)o4)cc3)nn2)cn1. The molecule has 0 saturated carbocycles. The second-order valence-electron chi connectivity index (χ2n) is 7.95. The Morgan fingerprint density at radius 2 is 1.73 bits per heavy atom. The van der Waals surface area contributed by atoms with Gasteiger partial charge in [0.15, 0.2) is 0 Å². The standard InChI is InChI=1S/C22H22F2N8O/c23-20(24)22-29-28-21(33-22)15-5-3-14(4-6-15)18(13-31-9-1-2-10-31)32-12-17(27-30-32)16-7-8-19(25)26-11-16/h3-8,11-12,18,20H,1-2,9-10,13H2,(H2,25,26)/t18-/m1/s1. The zero-order valence-corrected chi connectivity index (χ0v) is 17.7. The Balaban J connectivity index is 1.43. The molecule has 11 heteroatoms. The molecule has 1 aliphatic heterocycles. The fourth-order valence-corrected chi connectivity index (χ4v) is 3.96. The first-order valence-electron chi connectivity index (χ1n) is 10.6. The van der Waals surface area contributed by atoms with Crippen LogP contribution in [0.4, 0.5) is 14.6 Å². The van der Waals surface area contributed by atoms with E-state index < -0.39 is 12.3 Å². The van der Waals surface area contributed by atoms with Crippen LogP contribution in [0.15, 0.2) is 53.2 Å². The molecule has 1 aromatic carbocycles. The topological polar surface area (TPSA) is 112 Å². The number of hydrogen-bond acceptors (Lipinski definition) is 8. The van der Waals surface area contributed by atoms with E-state index >= 15 is 0 Å². The first-order valence-corrected chi connectivity index (χ1v) is 10.6. The number of aromatic nitrogens is 6. The maximum absolute atomic E-state index is 12.8. The molecule has 0 aliphatic carbocycles. The van der Waals surface area contributed by atoms with Gasteiger partial charge in [-0.1, -0.05) is 17.3 Å². The predicted octanol–water partition coefficient (Wildman–Crippen LogP) is 3.60. The van der Waals surface area contributed by atoms with E-state index in [1.807, 2.05) is 29.1 Å². The van der Waals surface area contributed by atoms with Gasteiger partial charge < -0.3 is 15.1 Å². The molecule has 0 amide bonds. The van der Waals surface area contributed by atoms with Gasteiger partial charge in [-0.25, -0.2) is 9.67 Å². The summed E-state index contributed by atoms with van der Waals surface area (Å²) in [5.41, 5.74) is 8.80. The Labute approximate surface area is 188 Å². The predicted molar refractivity (Wildman–Crippen MR) is 116 cm³/mol. The second-order valence-corrected chi connectivity index (χ2v) is 7.95. The first kappa shape index (κ1) is 21.1. The second kappa shape index (κ2) is 9.02. The quantitative estimate of drug-likeness (QED) is 0.453. The van der Waals surface area contributed by atoms with Gasteiger partial charge in [0.2, 0.25) is 5.89 Å². The van der Waals surface area contributed by atoms with Crippen molar-refractivity contribution in [2.75, 3.05) is 25.4 Å². The largest absolute Gasteiger partial charge is 0.415 e. The summed E-state index contributed by atoms with van der Waals surface area (Å²) < 4.78 is 32.4. The molecule has 0 spiro atoms. The molecule has 33 heavy (non-hydrogen) atoms. The molecule has 4 aromatic rings. The number of benzene rings is 1. The molecule has 170 valence electrons. The molecule has 0 bridgehead atoms. The highest BCUT2D eigenvalue weighted by Gasteiger charge is 2.23. The van der Waals surface area contributed by atoms with Crippen molar-refractivity contribution in [2.24, 2.45) is 0 Å². The van der Waals surface area contributed by atoms with Gasteiger partial charge in [0, 0.05) is 23.9 Å². The first-order chi connectivity index (χ1) is 16.1. The van der Waals surface area contributed by atoms with Crippen molar-refractivity contribution in [1.29, 1.82) is 0 Å². The number of nitrogens with two attached hydrogens (primary N) is 1. The lowest BCUT2D eigenvalue weighted by Crippen LogP contribution is -2.29. The van der Waals surface area contributed by atoms with Gasteiger partial charge in [-0.05, 0) is 55.8 Å². The summed E-state index contributed by atoms with van der Waals surface area (Å²) in [6, 6.07) is 10.9. The lowest BCUT2D eigenvalue weighted by molar-refractivity contribution is 0.116. The number of nitrogen functional groups attached to an aromatic ring is 1. The summed E-state index contributed by atoms with van der Waals surface area (Å²) >= 11 is 0. The van der Waals surface area contributed by atoms with Gasteiger partial charge in [-0.15, -0.1) is 15.3 Å². The van der Waals surface area contributed by atoms with E-state index in [1.165, 1.54) is 12.8 Å². The summed E-state index contributed by atoms with van der Waals surface area (Å²) in [4.78, 5) is 6.53. The minimum absolute atomic E-state index is 0.0619. The van der Waals surface area contributed by atoms with Crippen LogP contribution < -0.4 is 5.73 Å². The fourth-order valence-electron chi connectivity index (χ4n) is 3.96. The number of nitrogens with zero attached hydrogens (tertiary/aromatic N) is 7. The average Bonchev–Trinajstić information content (AvgIpc) is 3.60. The molecular weight excluding hydrogens is 430 g/mol. The third-order valence-corrected chi connectivity index (χ3v) is 5.71. The van der Waals surface area contributed by atoms with Crippen molar-refractivity contribution in [3.8, 4) is 22.7 Å². The van der Waals surface area contributed by atoms with Crippen LogP contribution in [-0.2, 0) is 0 Å². The van der Waals surface area contributed by atoms with E-state index in [9.17, 15) is 8.78 Å². The fraction of sp³-hybridized carbons (Fsp3) is 0.318. The lowest BCUT2D eigenvalue weighted by atomic mass is 10.0. The van der Waals surface area contributed by atoms with E-state index in [4.69, 9.17) is 10.2 Å². The van der Waals surface area contributed by atoms with Gasteiger partial charge in [0.25, 0.3) is 5.89 Å². The third-order valence-electron chi connectivity index (χ3n) is 5.71. The van der Waals surface area contributed by atoms with Crippen molar-refractivity contribution in [1.82, 2.24) is 35.1 Å². The number of anilines is 1. The molecule has 3 aromatic heterocycles. The summed E-state index contributed by atoms with van der Waals surface area (Å²) in [5, 5.41) is 15.8. The van der Waals surface area contributed by atoms with Crippen LogP contribution in [0.5, 0.6) is 0 Å². The van der Waals surface area contributed by atoms with Crippen LogP contribution in [0.1, 0.15) is 36.8 Å². The normalized spacial score (nSPS) is 15.4. The minimum Gasteiger partial charge on any atom is -0.415 e. The van der Waals surface area contributed by atoms with Crippen LogP contribution in [-0.4, -0.2) is 54.7 Å². The number of alkyl halides is 2. The molecular formula is C22H22F2N8O. The monoisotopic (exact) mass is 452 g/mol. The van der Waals surface area contributed by atoms with E-state index in [1.54, 1.807) is 24.4 Å². The summed E-state index contributed by atoms with van der Waals surface area (Å²) in [6.45, 7) is 2.85. The van der Waals surface area contributed by atoms with Crippen LogP contribution >= 0.6 is 0 Å². The van der Waals surface area contributed by atoms with E-state index in [-0.39, 0.29) is 11.9 Å². The molecule has 0 radical (unpaired) electrons. The highest BCUT2D eigenvalue weighted by atomic mass is 19.3. The van der Waals surface area contributed by atoms with Crippen molar-refractivity contribution in [3.05, 3.63) is 60.2 Å². The van der Waals surface area contributed by atoms with Crippen molar-refractivity contribution >= 4 is 5.82 Å². The molecule has 1 aliphatic rings. The molecule has 9 nitrogen and oxygen atoms in total. The molecule has 1 saturated heterocycles. The van der Waals surface area contributed by atoms with Crippen LogP contribution in [0.2, 0.25) is 0 Å². The highest BCUT2D eigenvalue weighted by Crippen LogP contribution is 2.28. The molecule has 1 fully saturated rings. The molecule has 0 unspecified atom stereocenters. The number of halogens is 2. The molecule has 4 heterocycles. The smallest absolute Gasteiger partial charge is 0.314 e. The third kappa shape index (κ3) is 4.58. The summed E-state index contributed by atoms with van der Waals surface area (Å²) in [6.07, 6.45) is 3.12. The molecule has 1 atom stereocenters. The summed E-state index contributed by atoms with van der Waals surface area (Å²) in [7, 11) is 0. The lowest BCUT2D eigenvalue weighted by Gasteiger charge is -2.24. The average molecular weight is 452 g/mol. The number of rotatable bonds is 7. The molecule has 2 N–H and O–H groups in total. The van der Waals surface area contributed by atoms with Gasteiger partial charge >= 0.3 is 6.43 Å². The Morgan fingerprint density at radius 1 is 0.970 bits per heavy atom. The van der Waals surface area contributed by atoms with Crippen LogP contribution in [0.25, 0.3) is 22.7 Å². The van der Waals surface area contributed by atoms with Crippen LogP contribution in [0.3, 0.4) is 0 Å². The minimum atomic E-state index is -2.80. The zero-order chi connectivity index (χ0) is 22.8. The Morgan fingerprint density at radius 3 is 2.39 bits per heavy atom. The number of hydrogen-bond donors (Lipinski definition) is 1. The van der Waals surface area contributed by atoms with Crippen molar-refractivity contribution in [3.63, 3.8) is 0 Å². The van der Waals surface area contributed by atoms with E-state index in [0.717, 1.165) is 30.8 Å². The highest BCUT2D eigenvalue weighted by molar-refractivity contribution is 5.58. The van der Waals surface area contributed by atoms with Gasteiger partial charge in [-0.2, -0.15) is 8.78 Å². The Kier molecular flexibility index (Phi) is 5.78.